The minimum atomic E-state index is -0.995. The van der Waals surface area contributed by atoms with Gasteiger partial charge in [0.05, 0.1) is 4.92 Å². The number of para-hydroxylation sites is 1. The Hall–Kier alpha value is -2.93. The molecule has 108 valence electrons. The number of rotatable bonds is 4. The van der Waals surface area contributed by atoms with Crippen molar-refractivity contribution in [2.24, 2.45) is 5.73 Å². The van der Waals surface area contributed by atoms with E-state index in [1.807, 2.05) is 0 Å². The van der Waals surface area contributed by atoms with Crippen molar-refractivity contribution in [2.75, 3.05) is 5.32 Å². The van der Waals surface area contributed by atoms with Gasteiger partial charge in [-0.1, -0.05) is 36.4 Å². The lowest BCUT2D eigenvalue weighted by Crippen LogP contribution is -2.28. The van der Waals surface area contributed by atoms with Gasteiger partial charge in [-0.25, -0.2) is 0 Å². The summed E-state index contributed by atoms with van der Waals surface area (Å²) < 4.78 is 0. The Balaban J connectivity index is 2.26. The summed E-state index contributed by atoms with van der Waals surface area (Å²) in [7, 11) is 0. The van der Waals surface area contributed by atoms with E-state index in [2.05, 4.69) is 5.32 Å². The van der Waals surface area contributed by atoms with Crippen LogP contribution < -0.4 is 11.1 Å². The molecule has 0 aliphatic carbocycles. The third-order valence-corrected chi connectivity index (χ3v) is 2.91. The third-order valence-electron chi connectivity index (χ3n) is 2.91. The summed E-state index contributed by atoms with van der Waals surface area (Å²) in [6, 6.07) is 11.3. The highest BCUT2D eigenvalue weighted by Crippen LogP contribution is 2.33. The molecule has 2 aromatic carbocycles. The number of phenolic OH excluding ortho intramolecular Hbond substituents is 1. The van der Waals surface area contributed by atoms with E-state index in [9.17, 15) is 20.0 Å². The van der Waals surface area contributed by atoms with Crippen molar-refractivity contribution in [1.29, 1.82) is 0 Å². The Morgan fingerprint density at radius 3 is 2.48 bits per heavy atom. The Kier molecular flexibility index (Phi) is 4.15. The summed E-state index contributed by atoms with van der Waals surface area (Å²) in [6.45, 7) is 0. The number of aromatic hydroxyl groups is 1. The van der Waals surface area contributed by atoms with Crippen LogP contribution in [0, 0.1) is 10.1 Å². The zero-order valence-electron chi connectivity index (χ0n) is 10.9. The van der Waals surface area contributed by atoms with Crippen LogP contribution >= 0.6 is 0 Å². The molecule has 0 aliphatic heterocycles. The van der Waals surface area contributed by atoms with E-state index >= 15 is 0 Å². The zero-order valence-corrected chi connectivity index (χ0v) is 10.9. The number of hydrogen-bond acceptors (Lipinski definition) is 5. The molecule has 1 amide bonds. The molecule has 0 saturated carbocycles. The number of phenols is 1. The van der Waals surface area contributed by atoms with Crippen LogP contribution in [0.15, 0.2) is 48.5 Å². The molecule has 0 bridgehead atoms. The quantitative estimate of drug-likeness (QED) is 0.451. The van der Waals surface area contributed by atoms with Crippen LogP contribution in [0.5, 0.6) is 5.75 Å². The molecule has 7 nitrogen and oxygen atoms in total. The monoisotopic (exact) mass is 287 g/mol. The lowest BCUT2D eigenvalue weighted by Gasteiger charge is -2.13. The second-order valence-electron chi connectivity index (χ2n) is 4.31. The molecule has 0 unspecified atom stereocenters. The van der Waals surface area contributed by atoms with Gasteiger partial charge in [0.2, 0.25) is 5.91 Å². The van der Waals surface area contributed by atoms with Gasteiger partial charge in [-0.15, -0.1) is 0 Å². The van der Waals surface area contributed by atoms with Gasteiger partial charge in [0, 0.05) is 6.07 Å². The van der Waals surface area contributed by atoms with Crippen molar-refractivity contribution >= 4 is 17.3 Å². The second kappa shape index (κ2) is 6.02. The number of nitrogens with two attached hydrogens (primary N) is 1. The maximum absolute atomic E-state index is 12.1. The van der Waals surface area contributed by atoms with Crippen LogP contribution in [0.2, 0.25) is 0 Å². The van der Waals surface area contributed by atoms with E-state index in [0.29, 0.717) is 5.56 Å². The molecule has 0 spiro atoms. The van der Waals surface area contributed by atoms with E-state index in [0.717, 1.165) is 0 Å². The van der Waals surface area contributed by atoms with E-state index in [4.69, 9.17) is 5.73 Å². The van der Waals surface area contributed by atoms with Crippen LogP contribution in [0.3, 0.4) is 0 Å². The first-order valence-electron chi connectivity index (χ1n) is 6.08. The summed E-state index contributed by atoms with van der Waals surface area (Å²) in [5.74, 6) is -1.04. The third kappa shape index (κ3) is 3.15. The van der Waals surface area contributed by atoms with E-state index < -0.39 is 28.3 Å². The maximum Gasteiger partial charge on any atom is 0.296 e. The molecule has 2 rings (SSSR count). The smallest absolute Gasteiger partial charge is 0.296 e. The van der Waals surface area contributed by atoms with Crippen molar-refractivity contribution < 1.29 is 14.8 Å². The van der Waals surface area contributed by atoms with Gasteiger partial charge >= 0.3 is 0 Å². The van der Waals surface area contributed by atoms with Gasteiger partial charge in [-0.2, -0.15) is 0 Å². The maximum atomic E-state index is 12.1. The first-order chi connectivity index (χ1) is 10.0. The van der Waals surface area contributed by atoms with Crippen molar-refractivity contribution in [1.82, 2.24) is 0 Å². The molecule has 0 aromatic heterocycles. The van der Waals surface area contributed by atoms with Gasteiger partial charge < -0.3 is 16.2 Å². The first-order valence-corrected chi connectivity index (χ1v) is 6.08. The predicted molar refractivity (Wildman–Crippen MR) is 76.8 cm³/mol. The number of carbonyl (C=O) groups is 1. The minimum Gasteiger partial charge on any atom is -0.505 e. The van der Waals surface area contributed by atoms with Gasteiger partial charge in [0.1, 0.15) is 11.8 Å². The molecule has 0 heterocycles. The average molecular weight is 287 g/mol. The molecule has 1 atom stereocenters. The molecule has 21 heavy (non-hydrogen) atoms. The summed E-state index contributed by atoms with van der Waals surface area (Å²) in [6.07, 6.45) is 0. The van der Waals surface area contributed by atoms with Crippen molar-refractivity contribution in [3.63, 3.8) is 0 Å². The number of benzene rings is 2. The van der Waals surface area contributed by atoms with Gasteiger partial charge in [0.25, 0.3) is 5.69 Å². The second-order valence-corrected chi connectivity index (χ2v) is 4.31. The molecule has 0 aliphatic rings. The van der Waals surface area contributed by atoms with Gasteiger partial charge in [-0.05, 0) is 11.6 Å². The number of amides is 1. The summed E-state index contributed by atoms with van der Waals surface area (Å²) in [5.41, 5.74) is 5.70. The highest BCUT2D eigenvalue weighted by Gasteiger charge is 2.23. The highest BCUT2D eigenvalue weighted by molar-refractivity contribution is 5.98. The van der Waals surface area contributed by atoms with E-state index in [1.165, 1.54) is 18.2 Å². The number of anilines is 1. The molecule has 2 aromatic rings. The molecule has 7 heteroatoms. The average Bonchev–Trinajstić information content (AvgIpc) is 2.49. The van der Waals surface area contributed by atoms with Crippen LogP contribution in [0.25, 0.3) is 0 Å². The topological polar surface area (TPSA) is 118 Å². The van der Waals surface area contributed by atoms with Crippen LogP contribution in [0.4, 0.5) is 11.4 Å². The molecule has 0 saturated heterocycles. The molecular weight excluding hydrogens is 274 g/mol. The number of nitro groups is 1. The first kappa shape index (κ1) is 14.5. The number of carbonyl (C=O) groups excluding carboxylic acids is 1. The normalized spacial score (nSPS) is 11.7. The van der Waals surface area contributed by atoms with Crippen molar-refractivity contribution in [2.45, 2.75) is 6.04 Å². The highest BCUT2D eigenvalue weighted by atomic mass is 16.6. The van der Waals surface area contributed by atoms with Crippen LogP contribution in [0.1, 0.15) is 11.6 Å². The zero-order chi connectivity index (χ0) is 15.4. The van der Waals surface area contributed by atoms with E-state index in [1.54, 1.807) is 30.3 Å². The predicted octanol–water partition coefficient (Wildman–Crippen LogP) is 1.94. The van der Waals surface area contributed by atoms with Gasteiger partial charge in [-0.3, -0.25) is 14.9 Å². The van der Waals surface area contributed by atoms with Crippen molar-refractivity contribution in [3.05, 3.63) is 64.2 Å². The van der Waals surface area contributed by atoms with Crippen LogP contribution in [-0.2, 0) is 4.79 Å². The largest absolute Gasteiger partial charge is 0.505 e. The fraction of sp³-hybridized carbons (Fsp3) is 0.0714. The SMILES string of the molecule is N[C@@H](C(=O)Nc1c(O)cccc1[N+](=O)[O-])c1ccccc1. The molecular formula is C14H13N3O4. The lowest BCUT2D eigenvalue weighted by atomic mass is 10.1. The van der Waals surface area contributed by atoms with Crippen LogP contribution in [-0.4, -0.2) is 15.9 Å². The fourth-order valence-corrected chi connectivity index (χ4v) is 1.82. The summed E-state index contributed by atoms with van der Waals surface area (Å²) in [5, 5.41) is 22.9. The molecule has 0 radical (unpaired) electrons. The number of nitrogens with zero attached hydrogens (tertiary/aromatic N) is 1. The summed E-state index contributed by atoms with van der Waals surface area (Å²) >= 11 is 0. The molecule has 4 N–H and O–H groups in total. The number of nitro benzene ring substituents is 1. The Morgan fingerprint density at radius 1 is 1.19 bits per heavy atom. The van der Waals surface area contributed by atoms with Gasteiger partial charge in [0.15, 0.2) is 5.69 Å². The lowest BCUT2D eigenvalue weighted by molar-refractivity contribution is -0.384. The molecule has 0 fully saturated rings. The fourth-order valence-electron chi connectivity index (χ4n) is 1.82. The minimum absolute atomic E-state index is 0.265. The Bertz CT molecular complexity index is 673. The van der Waals surface area contributed by atoms with E-state index in [-0.39, 0.29) is 5.69 Å². The Morgan fingerprint density at radius 2 is 1.86 bits per heavy atom. The number of nitrogens with one attached hydrogen (secondary N) is 1. The van der Waals surface area contributed by atoms with Crippen molar-refractivity contribution in [3.8, 4) is 5.75 Å². The Labute approximate surface area is 120 Å². The number of hydrogen-bond donors (Lipinski definition) is 3. The standard InChI is InChI=1S/C14H13N3O4/c15-12(9-5-2-1-3-6-9)14(19)16-13-10(17(20)21)7-4-8-11(13)18/h1-8,12,18H,15H2,(H,16,19)/t12-/m1/s1. The summed E-state index contributed by atoms with van der Waals surface area (Å²) in [4.78, 5) is 22.3.